The molecule has 0 fully saturated rings. The van der Waals surface area contributed by atoms with E-state index >= 15 is 0 Å². The molecular formula is C26H25N5O5. The summed E-state index contributed by atoms with van der Waals surface area (Å²) >= 11 is 0. The molecule has 2 aromatic heterocycles. The molecule has 10 heteroatoms. The number of carboxylic acids is 1. The molecule has 1 amide bonds. The van der Waals surface area contributed by atoms with Gasteiger partial charge in [0.15, 0.2) is 0 Å². The average Bonchev–Trinajstić information content (AvgIpc) is 2.88. The number of nitrogens with one attached hydrogen (secondary N) is 1. The van der Waals surface area contributed by atoms with Gasteiger partial charge >= 0.3 is 12.0 Å². The molecule has 0 atom stereocenters. The lowest BCUT2D eigenvalue weighted by molar-refractivity contribution is 0.0696. The summed E-state index contributed by atoms with van der Waals surface area (Å²) < 4.78 is 10.5. The predicted octanol–water partition coefficient (Wildman–Crippen LogP) is 4.20. The first-order valence-electron chi connectivity index (χ1n) is 11.2. The van der Waals surface area contributed by atoms with Gasteiger partial charge in [0.05, 0.1) is 42.1 Å². The topological polar surface area (TPSA) is 150 Å². The van der Waals surface area contributed by atoms with Gasteiger partial charge in [-0.05, 0) is 41.8 Å². The number of aryl methyl sites for hydroxylation is 1. The second-order valence-electron chi connectivity index (χ2n) is 8.02. The van der Waals surface area contributed by atoms with Gasteiger partial charge in [-0.25, -0.2) is 9.78 Å². The van der Waals surface area contributed by atoms with E-state index in [2.05, 4.69) is 20.3 Å². The molecule has 0 bridgehead atoms. The Hall–Kier alpha value is -4.73. The van der Waals surface area contributed by atoms with E-state index in [0.717, 1.165) is 17.5 Å². The zero-order valence-corrected chi connectivity index (χ0v) is 20.0. The second kappa shape index (κ2) is 10.3. The smallest absolute Gasteiger partial charge is 0.335 e. The van der Waals surface area contributed by atoms with Gasteiger partial charge in [0.1, 0.15) is 0 Å². The molecular weight excluding hydrogens is 462 g/mol. The fourth-order valence-corrected chi connectivity index (χ4v) is 3.95. The van der Waals surface area contributed by atoms with Crippen LogP contribution in [-0.2, 0) is 6.42 Å². The molecule has 2 aromatic carbocycles. The van der Waals surface area contributed by atoms with Crippen molar-refractivity contribution in [2.24, 2.45) is 5.73 Å². The highest BCUT2D eigenvalue weighted by atomic mass is 16.5. The first-order valence-corrected chi connectivity index (χ1v) is 11.2. The summed E-state index contributed by atoms with van der Waals surface area (Å²) in [6.07, 6.45) is 4.56. The van der Waals surface area contributed by atoms with Crippen LogP contribution in [0.15, 0.2) is 48.8 Å². The number of hydrogen-bond donors (Lipinski definition) is 3. The maximum Gasteiger partial charge on any atom is 0.335 e. The number of nitrogens with two attached hydrogens (primary N) is 1. The number of hydrogen-bond acceptors (Lipinski definition) is 8. The zero-order valence-electron chi connectivity index (χ0n) is 20.0. The number of anilines is 2. The normalized spacial score (nSPS) is 10.8. The molecule has 0 saturated heterocycles. The molecule has 0 aliphatic carbocycles. The van der Waals surface area contributed by atoms with E-state index < -0.39 is 11.9 Å². The minimum atomic E-state index is -1.04. The fraction of sp³-hybridized carbons (Fsp3) is 0.192. The quantitative estimate of drug-likeness (QED) is 0.315. The van der Waals surface area contributed by atoms with Crippen molar-refractivity contribution < 1.29 is 24.2 Å². The molecule has 4 aromatic rings. The third-order valence-corrected chi connectivity index (χ3v) is 5.60. The standard InChI is InChI=1S/C26H25N5O5/c1-4-5-14-8-16(25(33)34)10-17(9-14)30-22-18-7-6-15(11-21(18)28-13-20(22)23(27)32)19-12-29-26(36-3)31-24(19)35-2/h6-13H,4-5H2,1-3H3,(H2,27,32)(H,28,30)(H,33,34). The van der Waals surface area contributed by atoms with E-state index in [1.807, 2.05) is 25.1 Å². The van der Waals surface area contributed by atoms with Crippen LogP contribution in [0, 0.1) is 0 Å². The van der Waals surface area contributed by atoms with Crippen LogP contribution in [0.25, 0.3) is 22.0 Å². The SMILES string of the molecule is CCCc1cc(Nc2c(C(N)=O)cnc3cc(-c4cnc(OC)nc4OC)ccc23)cc(C(=O)O)c1. The number of ether oxygens (including phenoxy) is 2. The fourth-order valence-electron chi connectivity index (χ4n) is 3.95. The van der Waals surface area contributed by atoms with Crippen molar-refractivity contribution in [2.45, 2.75) is 19.8 Å². The van der Waals surface area contributed by atoms with Gasteiger partial charge in [-0.2, -0.15) is 4.98 Å². The van der Waals surface area contributed by atoms with Gasteiger partial charge in [0.2, 0.25) is 5.88 Å². The molecule has 4 rings (SSSR count). The van der Waals surface area contributed by atoms with Gasteiger partial charge in [-0.1, -0.05) is 25.5 Å². The number of amides is 1. The number of carboxylic acid groups (broad SMARTS) is 1. The van der Waals surface area contributed by atoms with Crippen molar-refractivity contribution in [3.05, 3.63) is 65.5 Å². The molecule has 184 valence electrons. The van der Waals surface area contributed by atoms with E-state index in [9.17, 15) is 14.7 Å². The van der Waals surface area contributed by atoms with E-state index in [1.54, 1.807) is 18.3 Å². The Morgan fingerprint density at radius 2 is 1.86 bits per heavy atom. The summed E-state index contributed by atoms with van der Waals surface area (Å²) in [7, 11) is 2.97. The number of pyridine rings is 1. The monoisotopic (exact) mass is 487 g/mol. The Morgan fingerprint density at radius 1 is 1.06 bits per heavy atom. The molecule has 36 heavy (non-hydrogen) atoms. The number of carbonyl (C=O) groups excluding carboxylic acids is 1. The summed E-state index contributed by atoms with van der Waals surface area (Å²) in [5, 5.41) is 13.4. The maximum atomic E-state index is 12.2. The lowest BCUT2D eigenvalue weighted by atomic mass is 10.0. The van der Waals surface area contributed by atoms with Crippen molar-refractivity contribution in [3.63, 3.8) is 0 Å². The molecule has 4 N–H and O–H groups in total. The van der Waals surface area contributed by atoms with Crippen LogP contribution in [0.2, 0.25) is 0 Å². The van der Waals surface area contributed by atoms with E-state index in [-0.39, 0.29) is 17.1 Å². The molecule has 0 unspecified atom stereocenters. The molecule has 0 saturated carbocycles. The van der Waals surface area contributed by atoms with Crippen molar-refractivity contribution in [3.8, 4) is 23.0 Å². The average molecular weight is 488 g/mol. The van der Waals surface area contributed by atoms with Gasteiger partial charge in [-0.15, -0.1) is 0 Å². The second-order valence-corrected chi connectivity index (χ2v) is 8.02. The summed E-state index contributed by atoms with van der Waals surface area (Å²) in [4.78, 5) is 36.7. The van der Waals surface area contributed by atoms with Crippen LogP contribution in [0.3, 0.4) is 0 Å². The van der Waals surface area contributed by atoms with Crippen LogP contribution in [-0.4, -0.2) is 46.2 Å². The van der Waals surface area contributed by atoms with Gasteiger partial charge in [0, 0.05) is 23.5 Å². The molecule has 0 spiro atoms. The van der Waals surface area contributed by atoms with Crippen molar-refractivity contribution in [1.82, 2.24) is 15.0 Å². The lowest BCUT2D eigenvalue weighted by Crippen LogP contribution is -2.14. The van der Waals surface area contributed by atoms with Crippen molar-refractivity contribution in [1.29, 1.82) is 0 Å². The Kier molecular flexibility index (Phi) is 6.95. The molecule has 10 nitrogen and oxygen atoms in total. The Balaban J connectivity index is 1.84. The number of nitrogens with zero attached hydrogens (tertiary/aromatic N) is 3. The lowest BCUT2D eigenvalue weighted by Gasteiger charge is -2.16. The number of benzene rings is 2. The number of rotatable bonds is 9. The first-order chi connectivity index (χ1) is 17.3. The highest BCUT2D eigenvalue weighted by Crippen LogP contribution is 2.35. The van der Waals surface area contributed by atoms with Crippen LogP contribution in [0.4, 0.5) is 11.4 Å². The summed E-state index contributed by atoms with van der Waals surface area (Å²) in [5.41, 5.74) is 9.75. The van der Waals surface area contributed by atoms with Gasteiger partial charge in [0.25, 0.3) is 5.91 Å². The number of primary amides is 1. The minimum Gasteiger partial charge on any atom is -0.480 e. The van der Waals surface area contributed by atoms with E-state index in [4.69, 9.17) is 15.2 Å². The minimum absolute atomic E-state index is 0.149. The highest BCUT2D eigenvalue weighted by molar-refractivity contribution is 6.08. The Bertz CT molecular complexity index is 1470. The van der Waals surface area contributed by atoms with E-state index in [0.29, 0.717) is 40.1 Å². The van der Waals surface area contributed by atoms with Crippen LogP contribution >= 0.6 is 0 Å². The highest BCUT2D eigenvalue weighted by Gasteiger charge is 2.17. The summed E-state index contributed by atoms with van der Waals surface area (Å²) in [5.74, 6) is -1.36. The third-order valence-electron chi connectivity index (χ3n) is 5.60. The van der Waals surface area contributed by atoms with Crippen molar-refractivity contribution in [2.75, 3.05) is 19.5 Å². The summed E-state index contributed by atoms with van der Waals surface area (Å²) in [6, 6.07) is 10.6. The Morgan fingerprint density at radius 3 is 2.53 bits per heavy atom. The van der Waals surface area contributed by atoms with Crippen LogP contribution in [0.5, 0.6) is 11.9 Å². The van der Waals surface area contributed by atoms with Crippen molar-refractivity contribution >= 4 is 34.2 Å². The van der Waals surface area contributed by atoms with Crippen LogP contribution < -0.4 is 20.5 Å². The largest absolute Gasteiger partial charge is 0.480 e. The summed E-state index contributed by atoms with van der Waals surface area (Å²) in [6.45, 7) is 2.02. The zero-order chi connectivity index (χ0) is 25.8. The van der Waals surface area contributed by atoms with E-state index in [1.165, 1.54) is 26.5 Å². The number of carbonyl (C=O) groups is 2. The predicted molar refractivity (Wildman–Crippen MR) is 135 cm³/mol. The van der Waals surface area contributed by atoms with Crippen LogP contribution in [0.1, 0.15) is 39.6 Å². The Labute approximate surface area is 207 Å². The molecule has 0 radical (unpaired) electrons. The number of aromatic carboxylic acids is 1. The maximum absolute atomic E-state index is 12.2. The first kappa shape index (κ1) is 24.4. The van der Waals surface area contributed by atoms with Gasteiger partial charge < -0.3 is 25.6 Å². The molecule has 0 aliphatic rings. The molecule has 0 aliphatic heterocycles. The molecule has 2 heterocycles. The number of fused-ring (bicyclic) bond motifs is 1. The number of methoxy groups -OCH3 is 2. The third kappa shape index (κ3) is 4.88. The van der Waals surface area contributed by atoms with Gasteiger partial charge in [-0.3, -0.25) is 9.78 Å². The number of aromatic nitrogens is 3.